The van der Waals surface area contributed by atoms with Crippen molar-refractivity contribution in [2.45, 2.75) is 49.1 Å². The van der Waals surface area contributed by atoms with E-state index < -0.39 is 76.8 Å². The molecule has 3 aliphatic rings. The number of anilines is 2. The Hall–Kier alpha value is -2.61. The molecule has 10 atom stereocenters. The molecule has 18 nitrogen and oxygen atoms in total. The Morgan fingerprint density at radius 1 is 0.841 bits per heavy atom. The first-order chi connectivity index (χ1) is 20.9. The van der Waals surface area contributed by atoms with Crippen LogP contribution in [0, 0.1) is 0 Å². The lowest BCUT2D eigenvalue weighted by atomic mass is 10.1. The molecule has 7 heterocycles. The molecule has 0 saturated carbocycles. The molecule has 0 aromatic carbocycles. The first-order valence-electron chi connectivity index (χ1n) is 13.2. The van der Waals surface area contributed by atoms with Gasteiger partial charge in [-0.25, -0.2) is 19.5 Å². The summed E-state index contributed by atoms with van der Waals surface area (Å²) in [5.74, 6) is 0.194. The highest BCUT2D eigenvalue weighted by molar-refractivity contribution is 8.07. The number of nitrogens with two attached hydrogens (primary N) is 2. The monoisotopic (exact) mass is 671 g/mol. The molecule has 21 heteroatoms. The maximum Gasteiger partial charge on any atom is 0.472 e. The van der Waals surface area contributed by atoms with E-state index in [4.69, 9.17) is 50.8 Å². The van der Waals surface area contributed by atoms with Gasteiger partial charge < -0.3 is 54.6 Å². The van der Waals surface area contributed by atoms with Gasteiger partial charge in [-0.05, 0) is 30.0 Å². The van der Waals surface area contributed by atoms with Crippen LogP contribution in [0.15, 0.2) is 43.1 Å². The van der Waals surface area contributed by atoms with Crippen LogP contribution < -0.4 is 11.5 Å². The average molecular weight is 672 g/mol. The van der Waals surface area contributed by atoms with Crippen LogP contribution in [0.25, 0.3) is 22.1 Å². The third-order valence-corrected chi connectivity index (χ3v) is 10.2. The van der Waals surface area contributed by atoms with Crippen LogP contribution in [0.2, 0.25) is 0 Å². The number of nitrogen functional groups attached to an aromatic ring is 2. The van der Waals surface area contributed by atoms with Gasteiger partial charge in [0.2, 0.25) is 0 Å². The zero-order valence-electron chi connectivity index (χ0n) is 22.4. The number of aliphatic hydroxyl groups excluding tert-OH is 2. The number of phosphoric ester groups is 1. The lowest BCUT2D eigenvalue weighted by molar-refractivity contribution is -0.0634. The van der Waals surface area contributed by atoms with E-state index in [1.54, 1.807) is 30.6 Å². The Morgan fingerprint density at radius 2 is 1.52 bits per heavy atom. The van der Waals surface area contributed by atoms with Crippen molar-refractivity contribution in [3.05, 3.63) is 43.1 Å². The first kappa shape index (κ1) is 30.1. The second kappa shape index (κ2) is 11.0. The van der Waals surface area contributed by atoms with Gasteiger partial charge in [-0.2, -0.15) is 0 Å². The summed E-state index contributed by atoms with van der Waals surface area (Å²) in [4.78, 5) is 34.2. The van der Waals surface area contributed by atoms with E-state index in [1.165, 1.54) is 21.7 Å². The summed E-state index contributed by atoms with van der Waals surface area (Å²) in [6.45, 7) is -5.37. The summed E-state index contributed by atoms with van der Waals surface area (Å²) in [5.41, 5.74) is 13.1. The molecule has 3 fully saturated rings. The molecular formula is C23H27N7O11P2S. The standard InChI is InChI=1S/C23H27N7O11P2S/c24-12-1-4-26-20-10(12)2-5-30(20)23-18-15(31)13(38-23)7-36-42(33,34)40-17-14(8-37-43(35,44)41-18)39-22(16(17)32)29-6-3-11-19(25)27-9-28-21(11)29/h1-6,9,13-18,22-23,31-32H,7-8H2,(H2,24,26)(H,33,34)(H,35,44)(H2,25,27,28)/t13-,14-,15?,16?,17+,18+,22-,23-,43?/m1/s1. The summed E-state index contributed by atoms with van der Waals surface area (Å²) >= 11 is 5.27. The second-order valence-electron chi connectivity index (χ2n) is 10.4. The van der Waals surface area contributed by atoms with Crippen LogP contribution >= 0.6 is 14.5 Å². The largest absolute Gasteiger partial charge is 0.472 e. The SMILES string of the molecule is Nc1ncnc2c1ccn2[C@@H]1O[C@@H]2COP(O)(=S)O[C@H]3C(O)[C@@H](COP(=O)(O)O[C@@H]2C1O)O[C@H]3n1ccc2c(N)ccnc21. The smallest absolute Gasteiger partial charge is 0.398 e. The number of nitrogens with zero attached hydrogens (tertiary/aromatic N) is 5. The zero-order chi connectivity index (χ0) is 31.0. The summed E-state index contributed by atoms with van der Waals surface area (Å²) in [7, 11) is -4.93. The predicted octanol–water partition coefficient (Wildman–Crippen LogP) is 0.297. The summed E-state index contributed by atoms with van der Waals surface area (Å²) in [6.07, 6.45) is -4.92. The molecule has 0 amide bonds. The van der Waals surface area contributed by atoms with Crippen molar-refractivity contribution >= 4 is 59.9 Å². The molecule has 4 unspecified atom stereocenters. The number of ether oxygens (including phenoxy) is 2. The molecule has 4 aromatic rings. The molecule has 0 spiro atoms. The highest BCUT2D eigenvalue weighted by Gasteiger charge is 2.53. The minimum absolute atomic E-state index is 0.194. The van der Waals surface area contributed by atoms with Crippen molar-refractivity contribution in [3.8, 4) is 0 Å². The van der Waals surface area contributed by atoms with Crippen LogP contribution in [-0.4, -0.2) is 93.9 Å². The van der Waals surface area contributed by atoms with Crippen LogP contribution in [-0.2, 0) is 43.9 Å². The van der Waals surface area contributed by atoms with E-state index in [0.29, 0.717) is 27.8 Å². The van der Waals surface area contributed by atoms with Gasteiger partial charge in [0.25, 0.3) is 0 Å². The van der Waals surface area contributed by atoms with Crippen molar-refractivity contribution in [2.24, 2.45) is 0 Å². The average Bonchev–Trinajstić information content (AvgIpc) is 3.73. The molecule has 4 aromatic heterocycles. The van der Waals surface area contributed by atoms with Crippen LogP contribution in [0.1, 0.15) is 12.5 Å². The zero-order valence-corrected chi connectivity index (χ0v) is 25.0. The summed E-state index contributed by atoms with van der Waals surface area (Å²) in [6, 6.07) is 4.91. The van der Waals surface area contributed by atoms with Gasteiger partial charge in [0.15, 0.2) is 12.5 Å². The minimum Gasteiger partial charge on any atom is -0.398 e. The molecular weight excluding hydrogens is 644 g/mol. The fourth-order valence-electron chi connectivity index (χ4n) is 5.59. The van der Waals surface area contributed by atoms with Crippen LogP contribution in [0.3, 0.4) is 0 Å². The summed E-state index contributed by atoms with van der Waals surface area (Å²) in [5, 5.41) is 23.4. The van der Waals surface area contributed by atoms with Gasteiger partial charge in [-0.1, -0.05) is 0 Å². The maximum atomic E-state index is 13.1. The fourth-order valence-corrected chi connectivity index (χ4v) is 7.97. The molecule has 44 heavy (non-hydrogen) atoms. The van der Waals surface area contributed by atoms with Crippen LogP contribution in [0.4, 0.5) is 11.5 Å². The number of aromatic nitrogens is 5. The Balaban J connectivity index is 1.20. The molecule has 0 radical (unpaired) electrons. The summed E-state index contributed by atoms with van der Waals surface area (Å²) < 4.78 is 50.0. The molecule has 0 aliphatic carbocycles. The van der Waals surface area contributed by atoms with Crippen molar-refractivity contribution in [1.82, 2.24) is 24.1 Å². The minimum atomic E-state index is -4.93. The Morgan fingerprint density at radius 3 is 2.32 bits per heavy atom. The highest BCUT2D eigenvalue weighted by atomic mass is 32.5. The van der Waals surface area contributed by atoms with Crippen molar-refractivity contribution in [1.29, 1.82) is 0 Å². The Kier molecular flexibility index (Phi) is 7.53. The second-order valence-corrected chi connectivity index (χ2v) is 14.6. The van der Waals surface area contributed by atoms with Gasteiger partial charge in [0, 0.05) is 29.7 Å². The van der Waals surface area contributed by atoms with Gasteiger partial charge >= 0.3 is 14.5 Å². The van der Waals surface area contributed by atoms with E-state index >= 15 is 0 Å². The topological polar surface area (TPSA) is 254 Å². The normalized spacial score (nSPS) is 38.3. The maximum absolute atomic E-state index is 13.1. The van der Waals surface area contributed by atoms with E-state index in [2.05, 4.69) is 15.0 Å². The van der Waals surface area contributed by atoms with Gasteiger partial charge in [-0.3, -0.25) is 13.6 Å². The lowest BCUT2D eigenvalue weighted by Crippen LogP contribution is -2.36. The fraction of sp³-hybridized carbons (Fsp3) is 0.435. The number of phosphoric acid groups is 1. The quantitative estimate of drug-likeness (QED) is 0.157. The van der Waals surface area contributed by atoms with Crippen molar-refractivity contribution in [3.63, 3.8) is 0 Å². The van der Waals surface area contributed by atoms with Crippen LogP contribution in [0.5, 0.6) is 0 Å². The number of fused-ring (bicyclic) bond motifs is 5. The molecule has 2 bridgehead atoms. The highest BCUT2D eigenvalue weighted by Crippen LogP contribution is 2.54. The third-order valence-electron chi connectivity index (χ3n) is 7.67. The van der Waals surface area contributed by atoms with Gasteiger partial charge in [-0.15, -0.1) is 0 Å². The van der Waals surface area contributed by atoms with E-state index in [0.717, 1.165) is 0 Å². The molecule has 236 valence electrons. The third kappa shape index (κ3) is 5.23. The van der Waals surface area contributed by atoms with E-state index in [9.17, 15) is 24.6 Å². The number of rotatable bonds is 2. The number of aliphatic hydroxyl groups is 2. The van der Waals surface area contributed by atoms with Gasteiger partial charge in [0.1, 0.15) is 60.1 Å². The van der Waals surface area contributed by atoms with Gasteiger partial charge in [0.05, 0.1) is 18.6 Å². The lowest BCUT2D eigenvalue weighted by Gasteiger charge is -2.27. The molecule has 7 rings (SSSR count). The van der Waals surface area contributed by atoms with Crippen molar-refractivity contribution < 1.29 is 52.1 Å². The van der Waals surface area contributed by atoms with Crippen molar-refractivity contribution in [2.75, 3.05) is 24.7 Å². The molecule has 3 aliphatic heterocycles. The number of pyridine rings is 1. The Labute approximate surface area is 252 Å². The first-order valence-corrected chi connectivity index (χ1v) is 17.3. The predicted molar refractivity (Wildman–Crippen MR) is 154 cm³/mol. The number of hydrogen-bond acceptors (Lipinski definition) is 15. The molecule has 3 saturated heterocycles. The number of hydrogen-bond donors (Lipinski definition) is 6. The molecule has 8 N–H and O–H groups in total. The van der Waals surface area contributed by atoms with E-state index in [1.807, 2.05) is 0 Å². The van der Waals surface area contributed by atoms with E-state index in [-0.39, 0.29) is 5.82 Å². The Bertz CT molecular complexity index is 1830.